The van der Waals surface area contributed by atoms with Gasteiger partial charge in [-0.25, -0.2) is 0 Å². The summed E-state index contributed by atoms with van der Waals surface area (Å²) in [7, 11) is -0.724. The maximum atomic E-state index is 11.7. The molecule has 74 valence electrons. The van der Waals surface area contributed by atoms with Gasteiger partial charge in [-0.05, 0) is 24.7 Å². The van der Waals surface area contributed by atoms with E-state index in [1.54, 1.807) is 0 Å². The standard InChI is InChI=1S/C10H17NOS/c1-3-9(2)13(12)8-10(4-5-10)6-7-11/h9H,3-6,8H2,1-2H3. The van der Waals surface area contributed by atoms with Crippen molar-refractivity contribution < 1.29 is 4.21 Å². The molecule has 2 unspecified atom stereocenters. The van der Waals surface area contributed by atoms with Gasteiger partial charge in [-0.15, -0.1) is 0 Å². The van der Waals surface area contributed by atoms with Crippen LogP contribution < -0.4 is 0 Å². The molecule has 0 saturated heterocycles. The summed E-state index contributed by atoms with van der Waals surface area (Å²) in [6.07, 6.45) is 3.76. The Morgan fingerprint density at radius 1 is 1.62 bits per heavy atom. The molecule has 0 heterocycles. The summed E-state index contributed by atoms with van der Waals surface area (Å²) in [5.41, 5.74) is 0.142. The van der Waals surface area contributed by atoms with Gasteiger partial charge in [0, 0.05) is 28.2 Å². The summed E-state index contributed by atoms with van der Waals surface area (Å²) >= 11 is 0. The fourth-order valence-electron chi connectivity index (χ4n) is 1.35. The highest BCUT2D eigenvalue weighted by Crippen LogP contribution is 2.49. The summed E-state index contributed by atoms with van der Waals surface area (Å²) in [4.78, 5) is 0. The van der Waals surface area contributed by atoms with Crippen LogP contribution in [0.15, 0.2) is 0 Å². The van der Waals surface area contributed by atoms with Crippen molar-refractivity contribution in [2.45, 2.75) is 44.8 Å². The van der Waals surface area contributed by atoms with Crippen molar-refractivity contribution in [2.24, 2.45) is 5.41 Å². The first-order valence-electron chi connectivity index (χ1n) is 4.88. The van der Waals surface area contributed by atoms with E-state index in [0.717, 1.165) is 25.0 Å². The zero-order valence-corrected chi connectivity index (χ0v) is 9.19. The number of hydrogen-bond donors (Lipinski definition) is 0. The van der Waals surface area contributed by atoms with Crippen molar-refractivity contribution in [3.05, 3.63) is 0 Å². The Bertz CT molecular complexity index is 240. The topological polar surface area (TPSA) is 40.9 Å². The van der Waals surface area contributed by atoms with Crippen LogP contribution in [0.5, 0.6) is 0 Å². The Morgan fingerprint density at radius 2 is 2.23 bits per heavy atom. The van der Waals surface area contributed by atoms with Gasteiger partial charge in [0.05, 0.1) is 6.07 Å². The van der Waals surface area contributed by atoms with E-state index in [1.165, 1.54) is 0 Å². The van der Waals surface area contributed by atoms with Crippen molar-refractivity contribution >= 4 is 10.8 Å². The Morgan fingerprint density at radius 3 is 2.62 bits per heavy atom. The molecule has 0 amide bonds. The molecule has 0 spiro atoms. The summed E-state index contributed by atoms with van der Waals surface area (Å²) in [6.45, 7) is 4.09. The normalized spacial score (nSPS) is 23.2. The Hall–Kier alpha value is -0.360. The molecule has 13 heavy (non-hydrogen) atoms. The fraction of sp³-hybridized carbons (Fsp3) is 0.900. The third-order valence-electron chi connectivity index (χ3n) is 2.88. The maximum absolute atomic E-state index is 11.7. The zero-order valence-electron chi connectivity index (χ0n) is 8.38. The second-order valence-electron chi connectivity index (χ2n) is 4.08. The smallest absolute Gasteiger partial charge is 0.0627 e. The van der Waals surface area contributed by atoms with Gasteiger partial charge in [-0.1, -0.05) is 13.8 Å². The van der Waals surface area contributed by atoms with Gasteiger partial charge in [0.1, 0.15) is 0 Å². The van der Waals surface area contributed by atoms with Crippen molar-refractivity contribution in [3.8, 4) is 6.07 Å². The predicted molar refractivity (Wildman–Crippen MR) is 54.7 cm³/mol. The molecule has 1 aliphatic rings. The van der Waals surface area contributed by atoms with E-state index in [9.17, 15) is 4.21 Å². The summed E-state index contributed by atoms with van der Waals surface area (Å²) in [5, 5.41) is 8.89. The predicted octanol–water partition coefficient (Wildman–Crippen LogP) is 2.23. The molecule has 0 aliphatic heterocycles. The highest BCUT2D eigenvalue weighted by Gasteiger charge is 2.44. The highest BCUT2D eigenvalue weighted by molar-refractivity contribution is 7.85. The van der Waals surface area contributed by atoms with Gasteiger partial charge in [0.2, 0.25) is 0 Å². The summed E-state index contributed by atoms with van der Waals surface area (Å²) < 4.78 is 11.7. The van der Waals surface area contributed by atoms with Crippen LogP contribution in [0, 0.1) is 16.7 Å². The highest BCUT2D eigenvalue weighted by atomic mass is 32.2. The minimum absolute atomic E-state index is 0.142. The molecule has 1 fully saturated rings. The summed E-state index contributed by atoms with van der Waals surface area (Å²) in [5.74, 6) is 0.746. The lowest BCUT2D eigenvalue weighted by Gasteiger charge is -2.14. The first-order chi connectivity index (χ1) is 6.13. The van der Waals surface area contributed by atoms with Crippen LogP contribution in [0.4, 0.5) is 0 Å². The molecule has 2 atom stereocenters. The molecule has 0 aromatic carbocycles. The third kappa shape index (κ3) is 2.80. The van der Waals surface area contributed by atoms with Gasteiger partial charge in [-0.2, -0.15) is 5.26 Å². The molecule has 2 nitrogen and oxygen atoms in total. The Balaban J connectivity index is 2.41. The molecule has 1 saturated carbocycles. The largest absolute Gasteiger partial charge is 0.259 e. The number of hydrogen-bond acceptors (Lipinski definition) is 2. The molecular weight excluding hydrogens is 182 g/mol. The number of rotatable bonds is 5. The average molecular weight is 199 g/mol. The number of nitriles is 1. The first kappa shape index (κ1) is 10.7. The fourth-order valence-corrected chi connectivity index (χ4v) is 3.00. The molecule has 1 aliphatic carbocycles. The van der Waals surface area contributed by atoms with Gasteiger partial charge in [0.25, 0.3) is 0 Å². The van der Waals surface area contributed by atoms with Crippen molar-refractivity contribution in [2.75, 3.05) is 5.75 Å². The molecule has 0 radical (unpaired) electrons. The number of nitrogens with zero attached hydrogens (tertiary/aromatic N) is 1. The zero-order chi connectivity index (χ0) is 9.90. The van der Waals surface area contributed by atoms with Crippen LogP contribution in [-0.2, 0) is 10.8 Å². The lowest BCUT2D eigenvalue weighted by molar-refractivity contribution is 0.582. The van der Waals surface area contributed by atoms with Crippen LogP contribution in [0.3, 0.4) is 0 Å². The van der Waals surface area contributed by atoms with Crippen molar-refractivity contribution in [1.82, 2.24) is 0 Å². The Kier molecular flexibility index (Phi) is 3.49. The molecule has 0 N–H and O–H groups in total. The van der Waals surface area contributed by atoms with Crippen molar-refractivity contribution in [1.29, 1.82) is 5.26 Å². The molecule has 0 aromatic rings. The van der Waals surface area contributed by atoms with E-state index in [1.807, 2.05) is 6.92 Å². The molecule has 3 heteroatoms. The maximum Gasteiger partial charge on any atom is 0.0627 e. The summed E-state index contributed by atoms with van der Waals surface area (Å²) in [6, 6.07) is 2.20. The van der Waals surface area contributed by atoms with Gasteiger partial charge in [-0.3, -0.25) is 4.21 Å². The van der Waals surface area contributed by atoms with E-state index in [2.05, 4.69) is 13.0 Å². The first-order valence-corrected chi connectivity index (χ1v) is 6.26. The van der Waals surface area contributed by atoms with E-state index in [0.29, 0.717) is 6.42 Å². The van der Waals surface area contributed by atoms with Crippen LogP contribution in [0.1, 0.15) is 39.5 Å². The van der Waals surface area contributed by atoms with Crippen LogP contribution in [-0.4, -0.2) is 15.2 Å². The lowest BCUT2D eigenvalue weighted by atomic mass is 10.1. The monoisotopic (exact) mass is 199 g/mol. The molecular formula is C10H17NOS. The Labute approximate surface area is 82.8 Å². The SMILES string of the molecule is CCC(C)S(=O)CC1(CC#N)CC1. The van der Waals surface area contributed by atoms with E-state index in [-0.39, 0.29) is 10.7 Å². The van der Waals surface area contributed by atoms with Gasteiger partial charge >= 0.3 is 0 Å². The molecule has 1 rings (SSSR count). The second-order valence-corrected chi connectivity index (χ2v) is 5.93. The van der Waals surface area contributed by atoms with Gasteiger partial charge < -0.3 is 0 Å². The van der Waals surface area contributed by atoms with Crippen LogP contribution in [0.25, 0.3) is 0 Å². The average Bonchev–Trinajstić information content (AvgIpc) is 2.84. The minimum atomic E-state index is -0.724. The second kappa shape index (κ2) is 4.23. The quantitative estimate of drug-likeness (QED) is 0.681. The molecule has 0 aromatic heterocycles. The third-order valence-corrected chi connectivity index (χ3v) is 5.01. The van der Waals surface area contributed by atoms with Gasteiger partial charge in [0.15, 0.2) is 0 Å². The lowest BCUT2D eigenvalue weighted by Crippen LogP contribution is -2.19. The molecule has 0 bridgehead atoms. The van der Waals surface area contributed by atoms with E-state index >= 15 is 0 Å². The minimum Gasteiger partial charge on any atom is -0.259 e. The van der Waals surface area contributed by atoms with E-state index < -0.39 is 10.8 Å². The van der Waals surface area contributed by atoms with Crippen LogP contribution >= 0.6 is 0 Å². The van der Waals surface area contributed by atoms with E-state index in [4.69, 9.17) is 5.26 Å². The van der Waals surface area contributed by atoms with Crippen LogP contribution in [0.2, 0.25) is 0 Å². The van der Waals surface area contributed by atoms with Crippen molar-refractivity contribution in [3.63, 3.8) is 0 Å².